The second kappa shape index (κ2) is 8.34. The van der Waals surface area contributed by atoms with Gasteiger partial charge in [0.05, 0.1) is 5.56 Å². The summed E-state index contributed by atoms with van der Waals surface area (Å²) in [5, 5.41) is 44.9. The Morgan fingerprint density at radius 1 is 1.08 bits per heavy atom. The highest BCUT2D eigenvalue weighted by Crippen LogP contribution is 2.55. The molecule has 3 aliphatic carbocycles. The molecule has 2 aromatic rings. The zero-order valence-electron chi connectivity index (χ0n) is 21.2. The minimum absolute atomic E-state index is 0.0395. The largest absolute Gasteiger partial charge is 0.508 e. The first-order chi connectivity index (χ1) is 18.5. The lowest BCUT2D eigenvalue weighted by Gasteiger charge is -2.50. The molecule has 1 heterocycles. The van der Waals surface area contributed by atoms with Gasteiger partial charge in [0.2, 0.25) is 12.6 Å². The molecule has 0 saturated heterocycles. The molecule has 6 N–H and O–H groups in total. The topological polar surface area (TPSA) is 177 Å². The maximum Gasteiger partial charge on any atom is 0.255 e. The van der Waals surface area contributed by atoms with E-state index in [2.05, 4.69) is 0 Å². The molecule has 1 amide bonds. The molecule has 2 aromatic carbocycles. The average Bonchev–Trinajstić information content (AvgIpc) is 3.34. The van der Waals surface area contributed by atoms with Gasteiger partial charge >= 0.3 is 0 Å². The number of phenolic OH excluding ortho intramolecular Hbond substituents is 1. The van der Waals surface area contributed by atoms with Crippen LogP contribution in [0.3, 0.4) is 0 Å². The predicted octanol–water partition coefficient (Wildman–Crippen LogP) is 2.70. The third-order valence-corrected chi connectivity index (χ3v) is 8.54. The highest BCUT2D eigenvalue weighted by atomic mass is 16.7. The molecule has 1 saturated carbocycles. The van der Waals surface area contributed by atoms with Crippen LogP contribution in [-0.4, -0.2) is 50.3 Å². The number of nitrogens with two attached hydrogens (primary N) is 1. The molecule has 0 radical (unpaired) electrons. The van der Waals surface area contributed by atoms with Crippen molar-refractivity contribution in [3.05, 3.63) is 58.4 Å². The summed E-state index contributed by atoms with van der Waals surface area (Å²) in [7, 11) is 0. The van der Waals surface area contributed by atoms with E-state index >= 15 is 0 Å². The van der Waals surface area contributed by atoms with E-state index in [1.54, 1.807) is 32.0 Å². The fourth-order valence-electron chi connectivity index (χ4n) is 6.82. The molecule has 0 unspecified atom stereocenters. The van der Waals surface area contributed by atoms with Crippen molar-refractivity contribution in [1.29, 1.82) is 0 Å². The standard InChI is InChI=1S/C29H27NO9/c1-11(2)20-16-8-13-7-15-14(12-3-6-18-19(9-12)39-10-38-18)4-5-17(31)22(15)25(33)21(13)26(34)29(16,37)27(35)23(24(20)32)28(30)36/h3-6,9,11,13,16,20,31,33,35,37H,7-8,10H2,1-2H3,(H2,30,36)/t13-,16-,20-,29-/m0/s1. The fraction of sp³-hybridized carbons (Fsp3) is 0.345. The van der Waals surface area contributed by atoms with Crippen LogP contribution in [0.2, 0.25) is 0 Å². The van der Waals surface area contributed by atoms with Crippen LogP contribution in [0.5, 0.6) is 17.2 Å². The van der Waals surface area contributed by atoms with Crippen LogP contribution in [0.25, 0.3) is 16.9 Å². The van der Waals surface area contributed by atoms with Gasteiger partial charge in [-0.25, -0.2) is 0 Å². The lowest BCUT2D eigenvalue weighted by atomic mass is 9.54. The smallest absolute Gasteiger partial charge is 0.255 e. The van der Waals surface area contributed by atoms with Crippen molar-refractivity contribution in [3.63, 3.8) is 0 Å². The van der Waals surface area contributed by atoms with Gasteiger partial charge in [0.25, 0.3) is 5.91 Å². The fourth-order valence-corrected chi connectivity index (χ4v) is 6.82. The first-order valence-electron chi connectivity index (χ1n) is 12.7. The first kappa shape index (κ1) is 25.0. The molecule has 39 heavy (non-hydrogen) atoms. The summed E-state index contributed by atoms with van der Waals surface area (Å²) in [5.41, 5.74) is 3.82. The second-order valence-electron chi connectivity index (χ2n) is 10.9. The van der Waals surface area contributed by atoms with E-state index in [0.29, 0.717) is 22.6 Å². The Morgan fingerprint density at radius 2 is 1.79 bits per heavy atom. The van der Waals surface area contributed by atoms with Gasteiger partial charge in [-0.1, -0.05) is 26.0 Å². The summed E-state index contributed by atoms with van der Waals surface area (Å²) in [5.74, 6) is -6.78. The number of aliphatic hydroxyl groups is 3. The molecule has 0 bridgehead atoms. The molecule has 0 spiro atoms. The third kappa shape index (κ3) is 3.27. The molecule has 4 aliphatic rings. The molecular weight excluding hydrogens is 506 g/mol. The Morgan fingerprint density at radius 3 is 2.49 bits per heavy atom. The van der Waals surface area contributed by atoms with Gasteiger partial charge in [0.1, 0.15) is 22.8 Å². The Labute approximate surface area is 223 Å². The zero-order valence-corrected chi connectivity index (χ0v) is 21.2. The van der Waals surface area contributed by atoms with Crippen molar-refractivity contribution in [2.24, 2.45) is 29.4 Å². The van der Waals surface area contributed by atoms with E-state index in [9.17, 15) is 34.8 Å². The quantitative estimate of drug-likeness (QED) is 0.371. The monoisotopic (exact) mass is 533 g/mol. The molecule has 4 atom stereocenters. The average molecular weight is 534 g/mol. The molecule has 202 valence electrons. The van der Waals surface area contributed by atoms with Crippen molar-refractivity contribution in [2.75, 3.05) is 6.79 Å². The van der Waals surface area contributed by atoms with Crippen LogP contribution in [0, 0.1) is 23.7 Å². The third-order valence-electron chi connectivity index (χ3n) is 8.54. The predicted molar refractivity (Wildman–Crippen MR) is 137 cm³/mol. The lowest BCUT2D eigenvalue weighted by Crippen LogP contribution is -2.62. The number of primary amides is 1. The van der Waals surface area contributed by atoms with E-state index in [0.717, 1.165) is 5.56 Å². The zero-order chi connectivity index (χ0) is 28.0. The summed E-state index contributed by atoms with van der Waals surface area (Å²) >= 11 is 0. The highest BCUT2D eigenvalue weighted by molar-refractivity contribution is 6.23. The van der Waals surface area contributed by atoms with Crippen molar-refractivity contribution >= 4 is 23.2 Å². The molecule has 0 aromatic heterocycles. The van der Waals surface area contributed by atoms with Gasteiger partial charge in [0, 0.05) is 17.4 Å². The van der Waals surface area contributed by atoms with Gasteiger partial charge in [0.15, 0.2) is 22.9 Å². The van der Waals surface area contributed by atoms with Crippen molar-refractivity contribution < 1.29 is 44.3 Å². The number of Topliss-reactive ketones (excluding diaryl/α,β-unsaturated/α-hetero) is 2. The SMILES string of the molecule is CC(C)[C@@H]1C(=O)C(C(N)=O)=C(O)[C@@]2(O)C(=O)C3=C(O)c4c(O)ccc(-c5ccc6c(c5)OCO6)c4C[C@H]3C[C@@H]12. The number of fused-ring (bicyclic) bond motifs is 4. The van der Waals surface area contributed by atoms with Crippen LogP contribution >= 0.6 is 0 Å². The van der Waals surface area contributed by atoms with Crippen LogP contribution in [0.15, 0.2) is 47.2 Å². The number of aromatic hydroxyl groups is 1. The van der Waals surface area contributed by atoms with Crippen LogP contribution in [-0.2, 0) is 20.8 Å². The van der Waals surface area contributed by atoms with Gasteiger partial charge in [-0.15, -0.1) is 0 Å². The Kier molecular flexibility index (Phi) is 5.35. The molecular formula is C29H27NO9. The number of benzene rings is 2. The number of carbonyl (C=O) groups is 3. The van der Waals surface area contributed by atoms with Gasteiger partial charge < -0.3 is 35.6 Å². The van der Waals surface area contributed by atoms with Crippen LogP contribution < -0.4 is 15.2 Å². The Hall–Kier alpha value is -4.31. The van der Waals surface area contributed by atoms with Gasteiger partial charge in [-0.05, 0) is 59.6 Å². The second-order valence-corrected chi connectivity index (χ2v) is 10.9. The summed E-state index contributed by atoms with van der Waals surface area (Å²) < 4.78 is 10.9. The molecule has 1 fully saturated rings. The molecule has 10 heteroatoms. The summed E-state index contributed by atoms with van der Waals surface area (Å²) in [6, 6.07) is 8.48. The number of amides is 1. The maximum atomic E-state index is 13.9. The number of aliphatic hydroxyl groups excluding tert-OH is 2. The number of phenols is 1. The first-order valence-corrected chi connectivity index (χ1v) is 12.7. The number of ketones is 2. The summed E-state index contributed by atoms with van der Waals surface area (Å²) in [6.07, 6.45) is 0.263. The van der Waals surface area contributed by atoms with Crippen molar-refractivity contribution in [1.82, 2.24) is 0 Å². The van der Waals surface area contributed by atoms with Gasteiger partial charge in [-0.2, -0.15) is 0 Å². The van der Waals surface area contributed by atoms with E-state index in [1.165, 1.54) is 6.07 Å². The summed E-state index contributed by atoms with van der Waals surface area (Å²) in [4.78, 5) is 39.3. The number of ether oxygens (including phenoxy) is 2. The lowest BCUT2D eigenvalue weighted by molar-refractivity contribution is -0.155. The Balaban J connectivity index is 1.54. The number of hydrogen-bond acceptors (Lipinski definition) is 9. The molecule has 1 aliphatic heterocycles. The molecule has 6 rings (SSSR count). The van der Waals surface area contributed by atoms with Crippen molar-refractivity contribution in [2.45, 2.75) is 32.3 Å². The van der Waals surface area contributed by atoms with E-state index in [4.69, 9.17) is 15.2 Å². The van der Waals surface area contributed by atoms with Crippen molar-refractivity contribution in [3.8, 4) is 28.4 Å². The molecule has 10 nitrogen and oxygen atoms in total. The van der Waals surface area contributed by atoms with E-state index in [-0.39, 0.29) is 36.5 Å². The maximum absolute atomic E-state index is 13.9. The highest BCUT2D eigenvalue weighted by Gasteiger charge is 2.64. The normalized spacial score (nSPS) is 27.4. The number of hydrogen-bond donors (Lipinski definition) is 5. The number of carbonyl (C=O) groups excluding carboxylic acids is 3. The number of rotatable bonds is 3. The van der Waals surface area contributed by atoms with Crippen LogP contribution in [0.4, 0.5) is 0 Å². The summed E-state index contributed by atoms with van der Waals surface area (Å²) in [6.45, 7) is 3.55. The van der Waals surface area contributed by atoms with Crippen LogP contribution in [0.1, 0.15) is 31.4 Å². The minimum Gasteiger partial charge on any atom is -0.508 e. The van der Waals surface area contributed by atoms with Gasteiger partial charge in [-0.3, -0.25) is 14.4 Å². The van der Waals surface area contributed by atoms with E-state index in [1.807, 2.05) is 6.07 Å². The minimum atomic E-state index is -2.63. The van der Waals surface area contributed by atoms with E-state index < -0.39 is 63.8 Å². The Bertz CT molecular complexity index is 1550.